The zero-order valence-electron chi connectivity index (χ0n) is 11.2. The van der Waals surface area contributed by atoms with Crippen molar-refractivity contribution in [2.45, 2.75) is 6.42 Å². The summed E-state index contributed by atoms with van der Waals surface area (Å²) in [5, 5.41) is 0. The molecule has 1 heterocycles. The second kappa shape index (κ2) is 7.32. The number of benzene rings is 1. The predicted octanol–water partition coefficient (Wildman–Crippen LogP) is 1.72. The summed E-state index contributed by atoms with van der Waals surface area (Å²) in [7, 11) is 0. The minimum Gasteiger partial charge on any atom is -0.338 e. The summed E-state index contributed by atoms with van der Waals surface area (Å²) in [6, 6.07) is 4.43. The first-order valence-electron chi connectivity index (χ1n) is 6.58. The van der Waals surface area contributed by atoms with Crippen LogP contribution < -0.4 is 5.73 Å². The van der Waals surface area contributed by atoms with Crippen molar-refractivity contribution in [2.75, 3.05) is 31.1 Å². The Labute approximate surface area is 122 Å². The summed E-state index contributed by atoms with van der Waals surface area (Å²) in [4.78, 5) is 14.1. The molecule has 1 saturated heterocycles. The summed E-state index contributed by atoms with van der Waals surface area (Å²) in [6.07, 6.45) is 0.985. The highest BCUT2D eigenvalue weighted by Gasteiger charge is 2.18. The molecule has 2 rings (SSSR count). The van der Waals surface area contributed by atoms with Gasteiger partial charge in [-0.25, -0.2) is 4.39 Å². The molecule has 0 saturated carbocycles. The normalized spacial score (nSPS) is 15.2. The van der Waals surface area contributed by atoms with Crippen molar-refractivity contribution in [3.8, 4) is 11.8 Å². The highest BCUT2D eigenvalue weighted by molar-refractivity contribution is 7.99. The van der Waals surface area contributed by atoms with Crippen LogP contribution in [0.25, 0.3) is 0 Å². The average Bonchev–Trinajstić information content (AvgIpc) is 2.74. The maximum absolute atomic E-state index is 13.9. The lowest BCUT2D eigenvalue weighted by atomic mass is 10.1. The molecule has 3 nitrogen and oxygen atoms in total. The first-order chi connectivity index (χ1) is 9.72. The Bertz CT molecular complexity index is 543. The first kappa shape index (κ1) is 14.9. The van der Waals surface area contributed by atoms with Gasteiger partial charge in [0.25, 0.3) is 5.91 Å². The number of halogens is 1. The van der Waals surface area contributed by atoms with Crippen molar-refractivity contribution in [3.05, 3.63) is 35.1 Å². The zero-order valence-corrected chi connectivity index (χ0v) is 12.0. The minimum atomic E-state index is -0.471. The maximum Gasteiger partial charge on any atom is 0.253 e. The molecule has 0 aromatic heterocycles. The van der Waals surface area contributed by atoms with E-state index in [0.29, 0.717) is 5.56 Å². The Kier molecular flexibility index (Phi) is 5.45. The largest absolute Gasteiger partial charge is 0.338 e. The third-order valence-electron chi connectivity index (χ3n) is 3.05. The lowest BCUT2D eigenvalue weighted by Crippen LogP contribution is -2.33. The fourth-order valence-corrected chi connectivity index (χ4v) is 2.91. The first-order valence-corrected chi connectivity index (χ1v) is 7.73. The van der Waals surface area contributed by atoms with Crippen LogP contribution in [-0.2, 0) is 0 Å². The van der Waals surface area contributed by atoms with E-state index in [1.165, 1.54) is 12.1 Å². The van der Waals surface area contributed by atoms with Gasteiger partial charge < -0.3 is 10.6 Å². The SMILES string of the molecule is NCC#Cc1ccc(C(=O)N2CCCSCC2)cc1F. The number of nitrogens with two attached hydrogens (primary N) is 1. The molecule has 1 aromatic carbocycles. The predicted molar refractivity (Wildman–Crippen MR) is 80.2 cm³/mol. The molecule has 5 heteroatoms. The van der Waals surface area contributed by atoms with Gasteiger partial charge >= 0.3 is 0 Å². The number of amides is 1. The molecule has 20 heavy (non-hydrogen) atoms. The summed E-state index contributed by atoms with van der Waals surface area (Å²) in [5.41, 5.74) is 5.92. The second-order valence-electron chi connectivity index (χ2n) is 4.46. The number of rotatable bonds is 1. The van der Waals surface area contributed by atoms with Crippen molar-refractivity contribution < 1.29 is 9.18 Å². The number of hydrogen-bond acceptors (Lipinski definition) is 3. The van der Waals surface area contributed by atoms with Gasteiger partial charge in [-0.15, -0.1) is 0 Å². The molecular formula is C15H17FN2OS. The molecule has 0 atom stereocenters. The monoisotopic (exact) mass is 292 g/mol. The van der Waals surface area contributed by atoms with Crippen LogP contribution in [0.3, 0.4) is 0 Å². The van der Waals surface area contributed by atoms with Crippen molar-refractivity contribution in [1.82, 2.24) is 4.90 Å². The fraction of sp³-hybridized carbons (Fsp3) is 0.400. The second-order valence-corrected chi connectivity index (χ2v) is 5.68. The molecule has 0 unspecified atom stereocenters. The number of carbonyl (C=O) groups excluding carboxylic acids is 1. The van der Waals surface area contributed by atoms with E-state index in [-0.39, 0.29) is 18.0 Å². The molecule has 0 radical (unpaired) electrons. The average molecular weight is 292 g/mol. The van der Waals surface area contributed by atoms with Crippen LogP contribution >= 0.6 is 11.8 Å². The van der Waals surface area contributed by atoms with Gasteiger partial charge in [-0.3, -0.25) is 4.79 Å². The maximum atomic E-state index is 13.9. The Morgan fingerprint density at radius 2 is 2.25 bits per heavy atom. The van der Waals surface area contributed by atoms with Gasteiger partial charge in [0.1, 0.15) is 5.82 Å². The third-order valence-corrected chi connectivity index (χ3v) is 4.10. The standard InChI is InChI=1S/C15H17FN2OS/c16-14-11-13(5-4-12(14)3-1-6-17)15(19)18-7-2-9-20-10-8-18/h4-5,11H,2,6-10,17H2. The van der Waals surface area contributed by atoms with E-state index < -0.39 is 5.82 Å². The van der Waals surface area contributed by atoms with Gasteiger partial charge in [0.15, 0.2) is 0 Å². The zero-order chi connectivity index (χ0) is 14.4. The molecule has 1 aromatic rings. The molecule has 106 valence electrons. The van der Waals surface area contributed by atoms with Crippen LogP contribution in [0.15, 0.2) is 18.2 Å². The molecule has 0 aliphatic carbocycles. The van der Waals surface area contributed by atoms with Gasteiger partial charge in [0.2, 0.25) is 0 Å². The van der Waals surface area contributed by atoms with Crippen LogP contribution in [-0.4, -0.2) is 41.9 Å². The van der Waals surface area contributed by atoms with E-state index in [2.05, 4.69) is 11.8 Å². The van der Waals surface area contributed by atoms with Crippen molar-refractivity contribution in [1.29, 1.82) is 0 Å². The molecule has 1 aliphatic rings. The summed E-state index contributed by atoms with van der Waals surface area (Å²) >= 11 is 1.85. The number of thioether (sulfide) groups is 1. The van der Waals surface area contributed by atoms with Gasteiger partial charge in [0, 0.05) is 24.4 Å². The molecular weight excluding hydrogens is 275 g/mol. The molecule has 2 N–H and O–H groups in total. The summed E-state index contributed by atoms with van der Waals surface area (Å²) < 4.78 is 13.9. The molecule has 1 amide bonds. The number of hydrogen-bond donors (Lipinski definition) is 1. The van der Waals surface area contributed by atoms with Gasteiger partial charge in [0.05, 0.1) is 12.1 Å². The Morgan fingerprint density at radius 1 is 1.40 bits per heavy atom. The van der Waals surface area contributed by atoms with E-state index >= 15 is 0 Å². The van der Waals surface area contributed by atoms with E-state index in [4.69, 9.17) is 5.73 Å². The summed E-state index contributed by atoms with van der Waals surface area (Å²) in [5.74, 6) is 6.69. The lowest BCUT2D eigenvalue weighted by Gasteiger charge is -2.20. The summed E-state index contributed by atoms with van der Waals surface area (Å²) in [6.45, 7) is 1.65. The van der Waals surface area contributed by atoms with Crippen LogP contribution in [0.5, 0.6) is 0 Å². The Balaban J connectivity index is 2.15. The van der Waals surface area contributed by atoms with Gasteiger partial charge in [-0.05, 0) is 30.4 Å². The van der Waals surface area contributed by atoms with Gasteiger partial charge in [-0.2, -0.15) is 11.8 Å². The fourth-order valence-electron chi connectivity index (χ4n) is 2.03. The minimum absolute atomic E-state index is 0.107. The van der Waals surface area contributed by atoms with Crippen LogP contribution in [0, 0.1) is 17.7 Å². The molecule has 1 fully saturated rings. The van der Waals surface area contributed by atoms with Crippen molar-refractivity contribution >= 4 is 17.7 Å². The van der Waals surface area contributed by atoms with Crippen LogP contribution in [0.4, 0.5) is 4.39 Å². The highest BCUT2D eigenvalue weighted by Crippen LogP contribution is 2.15. The van der Waals surface area contributed by atoms with E-state index in [9.17, 15) is 9.18 Å². The van der Waals surface area contributed by atoms with E-state index in [1.807, 2.05) is 11.8 Å². The molecule has 0 bridgehead atoms. The Hall–Kier alpha value is -1.51. The molecule has 1 aliphatic heterocycles. The quantitative estimate of drug-likeness (QED) is 0.802. The van der Waals surface area contributed by atoms with E-state index in [1.54, 1.807) is 11.0 Å². The van der Waals surface area contributed by atoms with Crippen LogP contribution in [0.1, 0.15) is 22.3 Å². The Morgan fingerprint density at radius 3 is 3.00 bits per heavy atom. The molecule has 0 spiro atoms. The number of carbonyl (C=O) groups is 1. The highest BCUT2D eigenvalue weighted by atomic mass is 32.2. The van der Waals surface area contributed by atoms with Crippen molar-refractivity contribution in [2.24, 2.45) is 5.73 Å². The van der Waals surface area contributed by atoms with Crippen LogP contribution in [0.2, 0.25) is 0 Å². The van der Waals surface area contributed by atoms with Gasteiger partial charge in [-0.1, -0.05) is 11.8 Å². The van der Waals surface area contributed by atoms with E-state index in [0.717, 1.165) is 31.0 Å². The lowest BCUT2D eigenvalue weighted by molar-refractivity contribution is 0.0768. The smallest absolute Gasteiger partial charge is 0.253 e. The van der Waals surface area contributed by atoms with Crippen molar-refractivity contribution in [3.63, 3.8) is 0 Å². The topological polar surface area (TPSA) is 46.3 Å². The number of nitrogens with zero attached hydrogens (tertiary/aromatic N) is 1. The third kappa shape index (κ3) is 3.75.